The first kappa shape index (κ1) is 14.7. The molecule has 1 aliphatic rings. The highest BCUT2D eigenvalue weighted by Gasteiger charge is 2.18. The van der Waals surface area contributed by atoms with Gasteiger partial charge in [-0.15, -0.1) is 0 Å². The van der Waals surface area contributed by atoms with Crippen molar-refractivity contribution in [2.75, 3.05) is 26.2 Å². The van der Waals surface area contributed by atoms with E-state index in [-0.39, 0.29) is 11.7 Å². The number of amides is 1. The molecule has 1 aliphatic heterocycles. The van der Waals surface area contributed by atoms with Gasteiger partial charge < -0.3 is 10.2 Å². The van der Waals surface area contributed by atoms with Crippen LogP contribution in [-0.4, -0.2) is 37.0 Å². The molecular weight excluding hydrogens is 279 g/mol. The maximum Gasteiger partial charge on any atom is 0.253 e. The Labute approximate surface area is 129 Å². The predicted octanol–water partition coefficient (Wildman–Crippen LogP) is 2.85. The summed E-state index contributed by atoms with van der Waals surface area (Å²) in [5.74, 6) is -0.187. The quantitative estimate of drug-likeness (QED) is 0.924. The van der Waals surface area contributed by atoms with Crippen molar-refractivity contribution >= 4 is 5.91 Å². The first-order chi connectivity index (χ1) is 10.6. The number of nitrogens with zero attached hydrogens (tertiary/aromatic N) is 1. The maximum atomic E-state index is 13.4. The standard InChI is InChI=1S/C18H19FN2O/c1-13-11-15(18(22)21-9-7-20-8-10-21)5-6-17(13)14-3-2-4-16(19)12-14/h2-6,11-12,20H,7-10H2,1H3. The molecule has 2 aromatic carbocycles. The van der Waals surface area contributed by atoms with Crippen LogP contribution in [0.3, 0.4) is 0 Å². The van der Waals surface area contributed by atoms with E-state index in [0.717, 1.165) is 42.9 Å². The topological polar surface area (TPSA) is 32.3 Å². The monoisotopic (exact) mass is 298 g/mol. The van der Waals surface area contributed by atoms with Crippen LogP contribution in [0.4, 0.5) is 4.39 Å². The average molecular weight is 298 g/mol. The molecule has 1 fully saturated rings. The predicted molar refractivity (Wildman–Crippen MR) is 85.3 cm³/mol. The van der Waals surface area contributed by atoms with Gasteiger partial charge in [-0.2, -0.15) is 0 Å². The van der Waals surface area contributed by atoms with Gasteiger partial charge in [0.25, 0.3) is 5.91 Å². The third-order valence-corrected chi connectivity index (χ3v) is 4.01. The van der Waals surface area contributed by atoms with Gasteiger partial charge in [0.05, 0.1) is 0 Å². The van der Waals surface area contributed by atoms with Crippen molar-refractivity contribution in [2.24, 2.45) is 0 Å². The highest BCUT2D eigenvalue weighted by atomic mass is 19.1. The second kappa shape index (κ2) is 6.28. The molecule has 0 atom stereocenters. The molecule has 22 heavy (non-hydrogen) atoms. The van der Waals surface area contributed by atoms with Crippen molar-refractivity contribution in [3.63, 3.8) is 0 Å². The van der Waals surface area contributed by atoms with Crippen molar-refractivity contribution in [1.82, 2.24) is 10.2 Å². The zero-order chi connectivity index (χ0) is 15.5. The lowest BCUT2D eigenvalue weighted by atomic mass is 9.98. The fourth-order valence-corrected chi connectivity index (χ4v) is 2.83. The van der Waals surface area contributed by atoms with Gasteiger partial charge in [-0.05, 0) is 47.9 Å². The van der Waals surface area contributed by atoms with Gasteiger partial charge in [-0.3, -0.25) is 4.79 Å². The lowest BCUT2D eigenvalue weighted by Gasteiger charge is -2.27. The summed E-state index contributed by atoms with van der Waals surface area (Å²) < 4.78 is 13.4. The Morgan fingerprint density at radius 2 is 1.91 bits per heavy atom. The summed E-state index contributed by atoms with van der Waals surface area (Å²) in [6.07, 6.45) is 0. The zero-order valence-corrected chi connectivity index (χ0v) is 12.6. The molecule has 1 N–H and O–H groups in total. The lowest BCUT2D eigenvalue weighted by Crippen LogP contribution is -2.46. The number of piperazine rings is 1. The van der Waals surface area contributed by atoms with Crippen LogP contribution < -0.4 is 5.32 Å². The van der Waals surface area contributed by atoms with E-state index >= 15 is 0 Å². The molecule has 0 saturated carbocycles. The molecule has 0 spiro atoms. The van der Waals surface area contributed by atoms with Crippen LogP contribution >= 0.6 is 0 Å². The number of hydrogen-bond acceptors (Lipinski definition) is 2. The minimum absolute atomic E-state index is 0.0652. The normalized spacial score (nSPS) is 14.9. The minimum Gasteiger partial charge on any atom is -0.336 e. The molecule has 1 saturated heterocycles. The first-order valence-electron chi connectivity index (χ1n) is 7.52. The molecule has 2 aromatic rings. The van der Waals surface area contributed by atoms with Crippen LogP contribution in [0.1, 0.15) is 15.9 Å². The Hall–Kier alpha value is -2.20. The largest absolute Gasteiger partial charge is 0.336 e. The molecule has 3 nitrogen and oxygen atoms in total. The molecule has 0 aliphatic carbocycles. The maximum absolute atomic E-state index is 13.4. The number of aryl methyl sites for hydroxylation is 1. The van der Waals surface area contributed by atoms with Crippen LogP contribution in [0, 0.1) is 12.7 Å². The summed E-state index contributed by atoms with van der Waals surface area (Å²) in [7, 11) is 0. The number of benzene rings is 2. The first-order valence-corrected chi connectivity index (χ1v) is 7.52. The van der Waals surface area contributed by atoms with E-state index in [4.69, 9.17) is 0 Å². The lowest BCUT2D eigenvalue weighted by molar-refractivity contribution is 0.0735. The van der Waals surface area contributed by atoms with Crippen LogP contribution in [0.25, 0.3) is 11.1 Å². The van der Waals surface area contributed by atoms with Gasteiger partial charge in [0.2, 0.25) is 0 Å². The van der Waals surface area contributed by atoms with Gasteiger partial charge in [0.1, 0.15) is 5.82 Å². The van der Waals surface area contributed by atoms with Gasteiger partial charge in [-0.1, -0.05) is 18.2 Å². The van der Waals surface area contributed by atoms with Crippen LogP contribution in [0.5, 0.6) is 0 Å². The molecule has 0 bridgehead atoms. The Kier molecular flexibility index (Phi) is 4.20. The van der Waals surface area contributed by atoms with Crippen molar-refractivity contribution in [3.8, 4) is 11.1 Å². The van der Waals surface area contributed by atoms with Crippen LogP contribution in [-0.2, 0) is 0 Å². The Morgan fingerprint density at radius 3 is 2.59 bits per heavy atom. The minimum atomic E-state index is -0.252. The fraction of sp³-hybridized carbons (Fsp3) is 0.278. The molecule has 0 radical (unpaired) electrons. The Balaban J connectivity index is 1.87. The van der Waals surface area contributed by atoms with Gasteiger partial charge in [0, 0.05) is 31.7 Å². The van der Waals surface area contributed by atoms with E-state index in [1.54, 1.807) is 6.07 Å². The third-order valence-electron chi connectivity index (χ3n) is 4.01. The average Bonchev–Trinajstić information content (AvgIpc) is 2.55. The summed E-state index contributed by atoms with van der Waals surface area (Å²) in [6, 6.07) is 12.1. The number of halogens is 1. The summed E-state index contributed by atoms with van der Waals surface area (Å²) in [4.78, 5) is 14.4. The molecule has 3 rings (SSSR count). The molecule has 0 aromatic heterocycles. The Morgan fingerprint density at radius 1 is 1.14 bits per heavy atom. The highest BCUT2D eigenvalue weighted by Crippen LogP contribution is 2.25. The van der Waals surface area contributed by atoms with Crippen molar-refractivity contribution in [3.05, 3.63) is 59.4 Å². The molecule has 114 valence electrons. The molecule has 0 unspecified atom stereocenters. The summed E-state index contributed by atoms with van der Waals surface area (Å²) in [5, 5.41) is 3.24. The number of rotatable bonds is 2. The number of carbonyl (C=O) groups excluding carboxylic acids is 1. The highest BCUT2D eigenvalue weighted by molar-refractivity contribution is 5.95. The van der Waals surface area contributed by atoms with Crippen molar-refractivity contribution < 1.29 is 9.18 Å². The van der Waals surface area contributed by atoms with Gasteiger partial charge in [-0.25, -0.2) is 4.39 Å². The van der Waals surface area contributed by atoms with E-state index in [0.29, 0.717) is 5.56 Å². The molecule has 1 amide bonds. The van der Waals surface area contributed by atoms with Gasteiger partial charge in [0.15, 0.2) is 0 Å². The smallest absolute Gasteiger partial charge is 0.253 e. The fourth-order valence-electron chi connectivity index (χ4n) is 2.83. The van der Waals surface area contributed by atoms with Crippen molar-refractivity contribution in [1.29, 1.82) is 0 Å². The number of hydrogen-bond donors (Lipinski definition) is 1. The second-order valence-electron chi connectivity index (χ2n) is 5.58. The summed E-state index contributed by atoms with van der Waals surface area (Å²) >= 11 is 0. The van der Waals surface area contributed by atoms with Crippen LogP contribution in [0.15, 0.2) is 42.5 Å². The Bertz CT molecular complexity index is 693. The SMILES string of the molecule is Cc1cc(C(=O)N2CCNCC2)ccc1-c1cccc(F)c1. The molecule has 1 heterocycles. The summed E-state index contributed by atoms with van der Waals surface area (Å²) in [5.41, 5.74) is 3.46. The summed E-state index contributed by atoms with van der Waals surface area (Å²) in [6.45, 7) is 5.11. The molecular formula is C18H19FN2O. The van der Waals surface area contributed by atoms with E-state index < -0.39 is 0 Å². The number of carbonyl (C=O) groups is 1. The van der Waals surface area contributed by atoms with Gasteiger partial charge >= 0.3 is 0 Å². The van der Waals surface area contributed by atoms with E-state index in [2.05, 4.69) is 5.32 Å². The third kappa shape index (κ3) is 3.02. The van der Waals surface area contributed by atoms with Crippen LogP contribution in [0.2, 0.25) is 0 Å². The van der Waals surface area contributed by atoms with E-state index in [9.17, 15) is 9.18 Å². The second-order valence-corrected chi connectivity index (χ2v) is 5.58. The van der Waals surface area contributed by atoms with E-state index in [1.165, 1.54) is 12.1 Å². The number of nitrogens with one attached hydrogen (secondary N) is 1. The zero-order valence-electron chi connectivity index (χ0n) is 12.6. The van der Waals surface area contributed by atoms with Crippen molar-refractivity contribution in [2.45, 2.75) is 6.92 Å². The molecule has 4 heteroatoms. The van der Waals surface area contributed by atoms with E-state index in [1.807, 2.05) is 36.1 Å².